The number of hydrogen-bond donors (Lipinski definition) is 0. The maximum atomic E-state index is 14.1. The van der Waals surface area contributed by atoms with E-state index in [4.69, 9.17) is 18.9 Å². The topological polar surface area (TPSA) is 172 Å². The van der Waals surface area contributed by atoms with Crippen molar-refractivity contribution < 1.29 is 47.8 Å². The molecule has 0 fully saturated rings. The highest BCUT2D eigenvalue weighted by molar-refractivity contribution is 6.09. The van der Waals surface area contributed by atoms with Crippen molar-refractivity contribution in [2.45, 2.75) is 78.7 Å². The molecule has 0 spiro atoms. The number of nitro benzene ring substituents is 1. The Bertz CT molecular complexity index is 1440. The van der Waals surface area contributed by atoms with Crippen molar-refractivity contribution >= 4 is 35.8 Å². The molecule has 0 N–H and O–H groups in total. The predicted molar refractivity (Wildman–Crippen MR) is 164 cm³/mol. The van der Waals surface area contributed by atoms with E-state index in [1.54, 1.807) is 58.0 Å². The number of ether oxygens (including phenoxy) is 4. The SMILES string of the molecule is C=C(C(=O)N(C(=O)OC(C)(C)C)C(Cc1ccccc1)C(=O)OCC)N(C(=O)OCc1ccc([N+](=O)[O-])cc1)C(=O)OC(C)(C)C. The number of carbonyl (C=O) groups is 5. The van der Waals surface area contributed by atoms with Gasteiger partial charge in [-0.1, -0.05) is 36.9 Å². The summed E-state index contributed by atoms with van der Waals surface area (Å²) in [5.74, 6) is -2.30. The van der Waals surface area contributed by atoms with Gasteiger partial charge < -0.3 is 18.9 Å². The normalized spacial score (nSPS) is 11.8. The number of amides is 4. The highest BCUT2D eigenvalue weighted by Crippen LogP contribution is 2.23. The lowest BCUT2D eigenvalue weighted by molar-refractivity contribution is -0.384. The fraction of sp³-hybridized carbons (Fsp3) is 0.406. The lowest BCUT2D eigenvalue weighted by atomic mass is 10.0. The summed E-state index contributed by atoms with van der Waals surface area (Å²) in [4.78, 5) is 78.5. The van der Waals surface area contributed by atoms with Crippen molar-refractivity contribution in [1.82, 2.24) is 9.80 Å². The van der Waals surface area contributed by atoms with Crippen LogP contribution in [-0.2, 0) is 41.6 Å². The maximum Gasteiger partial charge on any atom is 0.424 e. The summed E-state index contributed by atoms with van der Waals surface area (Å²) in [6, 6.07) is 11.9. The quantitative estimate of drug-likeness (QED) is 0.0991. The lowest BCUT2D eigenvalue weighted by Crippen LogP contribution is -2.55. The highest BCUT2D eigenvalue weighted by Gasteiger charge is 2.43. The molecule has 248 valence electrons. The van der Waals surface area contributed by atoms with Gasteiger partial charge in [0.05, 0.1) is 11.5 Å². The second-order valence-electron chi connectivity index (χ2n) is 11.9. The Labute approximate surface area is 267 Å². The number of carbonyl (C=O) groups excluding carboxylic acids is 5. The Morgan fingerprint density at radius 3 is 1.85 bits per heavy atom. The van der Waals surface area contributed by atoms with Gasteiger partial charge in [0.1, 0.15) is 29.5 Å². The molecule has 14 heteroatoms. The van der Waals surface area contributed by atoms with E-state index in [0.717, 1.165) is 0 Å². The zero-order valence-electron chi connectivity index (χ0n) is 26.9. The van der Waals surface area contributed by atoms with E-state index < -0.39 is 64.6 Å². The fourth-order valence-electron chi connectivity index (χ4n) is 3.78. The molecule has 0 radical (unpaired) electrons. The minimum Gasteiger partial charge on any atom is -0.464 e. The fourth-order valence-corrected chi connectivity index (χ4v) is 3.78. The van der Waals surface area contributed by atoms with Crippen molar-refractivity contribution in [3.8, 4) is 0 Å². The summed E-state index contributed by atoms with van der Waals surface area (Å²) in [7, 11) is 0. The number of imide groups is 2. The zero-order valence-corrected chi connectivity index (χ0v) is 26.9. The van der Waals surface area contributed by atoms with Gasteiger partial charge in [-0.15, -0.1) is 0 Å². The molecule has 46 heavy (non-hydrogen) atoms. The molecule has 2 aromatic carbocycles. The van der Waals surface area contributed by atoms with Crippen molar-refractivity contribution in [3.05, 3.63) is 88.1 Å². The van der Waals surface area contributed by atoms with Crippen LogP contribution in [0.15, 0.2) is 66.9 Å². The molecule has 4 amide bonds. The zero-order chi connectivity index (χ0) is 34.8. The molecule has 0 saturated carbocycles. The van der Waals surface area contributed by atoms with E-state index in [0.29, 0.717) is 16.0 Å². The van der Waals surface area contributed by atoms with E-state index in [9.17, 15) is 34.1 Å². The second-order valence-corrected chi connectivity index (χ2v) is 11.9. The Morgan fingerprint density at radius 1 is 0.804 bits per heavy atom. The molecule has 0 aliphatic heterocycles. The lowest BCUT2D eigenvalue weighted by Gasteiger charge is -2.33. The van der Waals surface area contributed by atoms with Crippen LogP contribution in [-0.4, -0.2) is 68.7 Å². The Kier molecular flexibility index (Phi) is 12.6. The molecule has 0 saturated heterocycles. The molecule has 0 aromatic heterocycles. The summed E-state index contributed by atoms with van der Waals surface area (Å²) in [6.07, 6.45) is -4.24. The first-order chi connectivity index (χ1) is 21.3. The second kappa shape index (κ2) is 15.6. The number of nitrogens with zero attached hydrogens (tertiary/aromatic N) is 3. The van der Waals surface area contributed by atoms with Gasteiger partial charge in [-0.05, 0) is 71.7 Å². The van der Waals surface area contributed by atoms with Crippen LogP contribution in [0, 0.1) is 10.1 Å². The Balaban J connectivity index is 2.56. The Hall–Kier alpha value is -5.27. The van der Waals surface area contributed by atoms with Gasteiger partial charge in [0, 0.05) is 18.6 Å². The molecule has 0 bridgehead atoms. The minimum atomic E-state index is -1.60. The minimum absolute atomic E-state index is 0.0829. The third-order valence-electron chi connectivity index (χ3n) is 5.74. The van der Waals surface area contributed by atoms with Gasteiger partial charge in [0.25, 0.3) is 11.6 Å². The van der Waals surface area contributed by atoms with Crippen LogP contribution in [0.2, 0.25) is 0 Å². The third kappa shape index (κ3) is 11.0. The van der Waals surface area contributed by atoms with Crippen molar-refractivity contribution in [2.24, 2.45) is 0 Å². The van der Waals surface area contributed by atoms with Gasteiger partial charge in [-0.2, -0.15) is 4.90 Å². The number of nitro groups is 1. The van der Waals surface area contributed by atoms with Crippen molar-refractivity contribution in [2.75, 3.05) is 6.61 Å². The third-order valence-corrected chi connectivity index (χ3v) is 5.74. The van der Waals surface area contributed by atoms with Crippen molar-refractivity contribution in [3.63, 3.8) is 0 Å². The van der Waals surface area contributed by atoms with Gasteiger partial charge in [0.2, 0.25) is 0 Å². The predicted octanol–water partition coefficient (Wildman–Crippen LogP) is 5.92. The van der Waals surface area contributed by atoms with Crippen LogP contribution in [0.25, 0.3) is 0 Å². The first-order valence-electron chi connectivity index (χ1n) is 14.2. The van der Waals surface area contributed by atoms with E-state index in [1.165, 1.54) is 45.0 Å². The molecular weight excluding hydrogens is 602 g/mol. The largest absolute Gasteiger partial charge is 0.464 e. The monoisotopic (exact) mass is 641 g/mol. The van der Waals surface area contributed by atoms with Crippen LogP contribution in [0.5, 0.6) is 0 Å². The summed E-state index contributed by atoms with van der Waals surface area (Å²) >= 11 is 0. The summed E-state index contributed by atoms with van der Waals surface area (Å²) < 4.78 is 21.2. The number of esters is 1. The van der Waals surface area contributed by atoms with Gasteiger partial charge in [-0.3, -0.25) is 14.9 Å². The highest BCUT2D eigenvalue weighted by atomic mass is 16.6. The molecule has 1 unspecified atom stereocenters. The molecule has 14 nitrogen and oxygen atoms in total. The van der Waals surface area contributed by atoms with Gasteiger partial charge >= 0.3 is 24.2 Å². The average Bonchev–Trinajstić information content (AvgIpc) is 2.94. The van der Waals surface area contributed by atoms with E-state index in [2.05, 4.69) is 6.58 Å². The molecular formula is C32H39N3O11. The van der Waals surface area contributed by atoms with E-state index in [1.807, 2.05) is 0 Å². The number of non-ortho nitro benzene ring substituents is 1. The van der Waals surface area contributed by atoms with Gasteiger partial charge in [-0.25, -0.2) is 24.1 Å². The smallest absolute Gasteiger partial charge is 0.424 e. The molecule has 1 atom stereocenters. The van der Waals surface area contributed by atoms with E-state index >= 15 is 0 Å². The van der Waals surface area contributed by atoms with E-state index in [-0.39, 0.29) is 23.6 Å². The summed E-state index contributed by atoms with van der Waals surface area (Å²) in [5, 5.41) is 11.0. The van der Waals surface area contributed by atoms with Crippen LogP contribution in [0.4, 0.5) is 20.1 Å². The van der Waals surface area contributed by atoms with Crippen molar-refractivity contribution in [1.29, 1.82) is 0 Å². The standard InChI is InChI=1S/C32H39N3O11/c1-9-43-27(37)25(19-22-13-11-10-12-14-22)34(30(40)46-32(6,7)8)26(36)21(2)33(29(39)45-31(3,4)5)28(38)44-20-23-15-17-24(18-16-23)35(41)42/h10-18,25H,2,9,19-20H2,1,3-8H3. The number of benzene rings is 2. The Morgan fingerprint density at radius 2 is 1.35 bits per heavy atom. The molecule has 2 aromatic rings. The molecule has 0 aliphatic carbocycles. The molecule has 2 rings (SSSR count). The van der Waals surface area contributed by atoms with Crippen LogP contribution in [0.3, 0.4) is 0 Å². The summed E-state index contributed by atoms with van der Waals surface area (Å²) in [6.45, 7) is 13.8. The van der Waals surface area contributed by atoms with Crippen LogP contribution in [0.1, 0.15) is 59.6 Å². The first kappa shape index (κ1) is 36.9. The van der Waals surface area contributed by atoms with Gasteiger partial charge in [0.15, 0.2) is 0 Å². The van der Waals surface area contributed by atoms with Crippen LogP contribution >= 0.6 is 0 Å². The molecule has 0 aliphatic rings. The molecule has 0 heterocycles. The number of hydrogen-bond acceptors (Lipinski definition) is 11. The first-order valence-corrected chi connectivity index (χ1v) is 14.2. The maximum absolute atomic E-state index is 14.1. The van der Waals surface area contributed by atoms with Crippen LogP contribution < -0.4 is 0 Å². The number of rotatable bonds is 10. The summed E-state index contributed by atoms with van der Waals surface area (Å²) in [5.41, 5.74) is -2.49. The average molecular weight is 642 g/mol.